The van der Waals surface area contributed by atoms with Crippen LogP contribution in [0.3, 0.4) is 0 Å². The lowest BCUT2D eigenvalue weighted by atomic mass is 9.84. The molecule has 0 aromatic rings. The third kappa shape index (κ3) is 5.88. The second-order valence-corrected chi connectivity index (χ2v) is 5.87. The molecule has 1 heterocycles. The highest BCUT2D eigenvalue weighted by molar-refractivity contribution is 5.77. The lowest BCUT2D eigenvalue weighted by molar-refractivity contribution is -0.273. The zero-order valence-electron chi connectivity index (χ0n) is 13.3. The first-order chi connectivity index (χ1) is 10.9. The molecule has 0 saturated carbocycles. The van der Waals surface area contributed by atoms with Crippen LogP contribution in [0, 0.1) is 5.41 Å². The summed E-state index contributed by atoms with van der Waals surface area (Å²) >= 11 is 0. The fraction of sp³-hybridized carbons (Fsp3) is 0.857. The summed E-state index contributed by atoms with van der Waals surface area (Å²) in [6.07, 6.45) is -9.59. The van der Waals surface area contributed by atoms with Gasteiger partial charge in [-0.05, 0) is 6.42 Å². The summed E-state index contributed by atoms with van der Waals surface area (Å²) < 4.78 is 76.9. The molecule has 0 bridgehead atoms. The van der Waals surface area contributed by atoms with Gasteiger partial charge in [0.1, 0.15) is 6.61 Å². The van der Waals surface area contributed by atoms with Crippen LogP contribution in [-0.2, 0) is 23.8 Å². The molecule has 1 fully saturated rings. The van der Waals surface area contributed by atoms with E-state index in [1.807, 2.05) is 6.92 Å². The summed E-state index contributed by atoms with van der Waals surface area (Å²) in [5.74, 6) is -6.65. The van der Waals surface area contributed by atoms with E-state index in [2.05, 4.69) is 4.74 Å². The molecule has 0 aromatic heterocycles. The van der Waals surface area contributed by atoms with Crippen LogP contribution in [0.25, 0.3) is 0 Å². The summed E-state index contributed by atoms with van der Waals surface area (Å²) in [5, 5.41) is 0. The summed E-state index contributed by atoms with van der Waals surface area (Å²) in [5.41, 5.74) is -0.276. The molecule has 0 radical (unpaired) electrons. The molecule has 0 spiro atoms. The minimum atomic E-state index is -5.41. The van der Waals surface area contributed by atoms with Crippen LogP contribution in [0.1, 0.15) is 33.1 Å². The summed E-state index contributed by atoms with van der Waals surface area (Å²) in [7, 11) is 0. The van der Waals surface area contributed by atoms with E-state index in [4.69, 9.17) is 9.47 Å². The van der Waals surface area contributed by atoms with Gasteiger partial charge in [0, 0.05) is 6.92 Å². The maximum absolute atomic E-state index is 12.9. The summed E-state index contributed by atoms with van der Waals surface area (Å²) in [6, 6.07) is 0. The smallest absolute Gasteiger partial charge is 0.431 e. The summed E-state index contributed by atoms with van der Waals surface area (Å²) in [4.78, 5) is 22.8. The standard InChI is InChI=1S/C14H19F5O5/c1-3-13(6-22-7-13)8-23-9(20)4-5-10(21)24-11(12(2,15)16)14(17,18)19/h11H,3-8H2,1-2H3. The van der Waals surface area contributed by atoms with Crippen molar-refractivity contribution in [3.63, 3.8) is 0 Å². The molecule has 0 aromatic carbocycles. The van der Waals surface area contributed by atoms with Gasteiger partial charge in [-0.2, -0.15) is 13.2 Å². The molecular formula is C14H19F5O5. The van der Waals surface area contributed by atoms with Crippen molar-refractivity contribution >= 4 is 11.9 Å². The third-order valence-electron chi connectivity index (χ3n) is 3.65. The van der Waals surface area contributed by atoms with Crippen LogP contribution >= 0.6 is 0 Å². The monoisotopic (exact) mass is 362 g/mol. The molecule has 1 saturated heterocycles. The van der Waals surface area contributed by atoms with Gasteiger partial charge < -0.3 is 14.2 Å². The average molecular weight is 362 g/mol. The first kappa shape index (κ1) is 20.6. The number of rotatable bonds is 8. The minimum absolute atomic E-state index is 0.00240. The fourth-order valence-corrected chi connectivity index (χ4v) is 1.94. The van der Waals surface area contributed by atoms with E-state index in [1.165, 1.54) is 0 Å². The van der Waals surface area contributed by atoms with Gasteiger partial charge >= 0.3 is 18.1 Å². The zero-order chi connectivity index (χ0) is 18.6. The number of carbonyl (C=O) groups excluding carboxylic acids is 2. The Morgan fingerprint density at radius 2 is 1.67 bits per heavy atom. The van der Waals surface area contributed by atoms with Crippen molar-refractivity contribution in [3.8, 4) is 0 Å². The SMILES string of the molecule is CCC1(COC(=O)CCC(=O)OC(C(C)(F)F)C(F)(F)F)COC1. The number of ether oxygens (including phenoxy) is 3. The molecule has 10 heteroatoms. The lowest BCUT2D eigenvalue weighted by Crippen LogP contribution is -2.46. The van der Waals surface area contributed by atoms with Gasteiger partial charge in [0.2, 0.25) is 0 Å². The van der Waals surface area contributed by atoms with Gasteiger partial charge in [0.15, 0.2) is 0 Å². The number of halogens is 5. The number of hydrogen-bond acceptors (Lipinski definition) is 5. The van der Waals surface area contributed by atoms with E-state index in [0.29, 0.717) is 19.6 Å². The van der Waals surface area contributed by atoms with Gasteiger partial charge in [0.05, 0.1) is 31.5 Å². The predicted molar refractivity (Wildman–Crippen MR) is 70.3 cm³/mol. The van der Waals surface area contributed by atoms with Crippen LogP contribution in [0.15, 0.2) is 0 Å². The van der Waals surface area contributed by atoms with E-state index in [9.17, 15) is 31.5 Å². The Morgan fingerprint density at radius 3 is 2.04 bits per heavy atom. The lowest BCUT2D eigenvalue weighted by Gasteiger charge is -2.39. The minimum Gasteiger partial charge on any atom is -0.465 e. The van der Waals surface area contributed by atoms with Crippen molar-refractivity contribution in [3.05, 3.63) is 0 Å². The fourth-order valence-electron chi connectivity index (χ4n) is 1.94. The number of hydrogen-bond donors (Lipinski definition) is 0. The van der Waals surface area contributed by atoms with Crippen molar-refractivity contribution in [2.45, 2.75) is 51.3 Å². The van der Waals surface area contributed by atoms with Crippen molar-refractivity contribution in [2.24, 2.45) is 5.41 Å². The molecule has 0 aliphatic carbocycles. The maximum Gasteiger partial charge on any atom is 0.431 e. The molecule has 0 N–H and O–H groups in total. The number of esters is 2. The Kier molecular flexibility index (Phi) is 6.54. The van der Waals surface area contributed by atoms with Crippen LogP contribution in [0.2, 0.25) is 0 Å². The topological polar surface area (TPSA) is 61.8 Å². The Morgan fingerprint density at radius 1 is 1.12 bits per heavy atom. The number of carbonyl (C=O) groups is 2. The largest absolute Gasteiger partial charge is 0.465 e. The second-order valence-electron chi connectivity index (χ2n) is 5.87. The Balaban J connectivity index is 2.40. The quantitative estimate of drug-likeness (QED) is 0.491. The first-order valence-electron chi connectivity index (χ1n) is 7.27. The highest BCUT2D eigenvalue weighted by atomic mass is 19.4. The maximum atomic E-state index is 12.9. The summed E-state index contributed by atoms with van der Waals surface area (Å²) in [6.45, 7) is 2.80. The molecule has 1 rings (SSSR count). The van der Waals surface area contributed by atoms with E-state index >= 15 is 0 Å². The normalized spacial score (nSPS) is 18.5. The van der Waals surface area contributed by atoms with Gasteiger partial charge in [0.25, 0.3) is 12.0 Å². The van der Waals surface area contributed by atoms with Crippen molar-refractivity contribution in [2.75, 3.05) is 19.8 Å². The molecule has 140 valence electrons. The van der Waals surface area contributed by atoms with E-state index < -0.39 is 43.0 Å². The average Bonchev–Trinajstić information content (AvgIpc) is 2.39. The van der Waals surface area contributed by atoms with Crippen LogP contribution in [0.5, 0.6) is 0 Å². The number of alkyl halides is 5. The zero-order valence-corrected chi connectivity index (χ0v) is 13.3. The highest BCUT2D eigenvalue weighted by Gasteiger charge is 2.56. The Labute approximate surface area is 135 Å². The first-order valence-corrected chi connectivity index (χ1v) is 7.27. The molecule has 1 aliphatic heterocycles. The molecular weight excluding hydrogens is 343 g/mol. The van der Waals surface area contributed by atoms with Crippen molar-refractivity contribution in [1.82, 2.24) is 0 Å². The van der Waals surface area contributed by atoms with Crippen molar-refractivity contribution < 1.29 is 45.8 Å². The highest BCUT2D eigenvalue weighted by Crippen LogP contribution is 2.35. The van der Waals surface area contributed by atoms with Crippen LogP contribution in [0.4, 0.5) is 22.0 Å². The molecule has 24 heavy (non-hydrogen) atoms. The predicted octanol–water partition coefficient (Wildman–Crippen LogP) is 2.87. The van der Waals surface area contributed by atoms with E-state index in [-0.39, 0.29) is 18.9 Å². The Bertz CT molecular complexity index is 434. The molecule has 0 amide bonds. The third-order valence-corrected chi connectivity index (χ3v) is 3.65. The molecule has 1 atom stereocenters. The second kappa shape index (κ2) is 7.62. The Hall–Kier alpha value is -1.45. The molecule has 1 aliphatic rings. The van der Waals surface area contributed by atoms with E-state index in [1.54, 1.807) is 0 Å². The van der Waals surface area contributed by atoms with E-state index in [0.717, 1.165) is 0 Å². The van der Waals surface area contributed by atoms with Gasteiger partial charge in [-0.3, -0.25) is 9.59 Å². The van der Waals surface area contributed by atoms with Crippen LogP contribution < -0.4 is 0 Å². The van der Waals surface area contributed by atoms with Gasteiger partial charge in [-0.1, -0.05) is 6.92 Å². The molecule has 1 unspecified atom stereocenters. The molecule has 5 nitrogen and oxygen atoms in total. The van der Waals surface area contributed by atoms with Gasteiger partial charge in [-0.25, -0.2) is 8.78 Å². The van der Waals surface area contributed by atoms with Crippen LogP contribution in [-0.4, -0.2) is 50.0 Å². The van der Waals surface area contributed by atoms with Crippen molar-refractivity contribution in [1.29, 1.82) is 0 Å². The van der Waals surface area contributed by atoms with Gasteiger partial charge in [-0.15, -0.1) is 0 Å².